The molecule has 40 heavy (non-hydrogen) atoms. The lowest BCUT2D eigenvalue weighted by Gasteiger charge is -2.37. The molecule has 5 nitrogen and oxygen atoms in total. The number of para-hydroxylation sites is 1. The van der Waals surface area contributed by atoms with Crippen LogP contribution >= 0.6 is 0 Å². The van der Waals surface area contributed by atoms with Crippen molar-refractivity contribution in [3.63, 3.8) is 0 Å². The van der Waals surface area contributed by atoms with Gasteiger partial charge in [0.05, 0.1) is 0 Å². The van der Waals surface area contributed by atoms with Gasteiger partial charge in [-0.2, -0.15) is 0 Å². The van der Waals surface area contributed by atoms with Gasteiger partial charge in [0.1, 0.15) is 17.8 Å². The van der Waals surface area contributed by atoms with E-state index < -0.39 is 0 Å². The molecule has 1 aromatic heterocycles. The van der Waals surface area contributed by atoms with Crippen LogP contribution in [0.5, 0.6) is 0 Å². The van der Waals surface area contributed by atoms with E-state index in [1.54, 1.807) is 0 Å². The molecule has 2 saturated heterocycles. The first-order valence-corrected chi connectivity index (χ1v) is 14.2. The summed E-state index contributed by atoms with van der Waals surface area (Å²) < 4.78 is 12.0. The molecular formula is C35H29NO4. The number of benzene rings is 4. The number of ether oxygens (including phenoxy) is 1. The fraction of sp³-hybridized carbons (Fsp3) is 0.257. The Bertz CT molecular complexity index is 1740. The molecule has 3 heterocycles. The van der Waals surface area contributed by atoms with Gasteiger partial charge < -0.3 is 14.1 Å². The largest absolute Gasteiger partial charge is 0.456 e. The normalized spacial score (nSPS) is 21.5. The summed E-state index contributed by atoms with van der Waals surface area (Å²) in [4.78, 5) is 29.0. The molecule has 2 fully saturated rings. The fourth-order valence-corrected chi connectivity index (χ4v) is 7.47. The van der Waals surface area contributed by atoms with Crippen LogP contribution in [0.15, 0.2) is 95.4 Å². The molecule has 1 aliphatic carbocycles. The molecule has 0 radical (unpaired) electrons. The molecule has 4 aromatic carbocycles. The highest BCUT2D eigenvalue weighted by Crippen LogP contribution is 2.45. The summed E-state index contributed by atoms with van der Waals surface area (Å²) >= 11 is 0. The van der Waals surface area contributed by atoms with Gasteiger partial charge in [0.25, 0.3) is 0 Å². The lowest BCUT2D eigenvalue weighted by Crippen LogP contribution is -2.48. The molecule has 3 aliphatic rings. The summed E-state index contributed by atoms with van der Waals surface area (Å²) in [6.07, 6.45) is 2.97. The zero-order chi connectivity index (χ0) is 26.8. The van der Waals surface area contributed by atoms with Gasteiger partial charge in [-0.05, 0) is 72.2 Å². The second-order valence-corrected chi connectivity index (χ2v) is 11.4. The molecule has 5 heteroatoms. The Morgan fingerprint density at radius 2 is 1.38 bits per heavy atom. The molecule has 5 aromatic rings. The second kappa shape index (κ2) is 9.09. The van der Waals surface area contributed by atoms with Crippen molar-refractivity contribution >= 4 is 33.8 Å². The number of rotatable bonds is 4. The molecular weight excluding hydrogens is 498 g/mol. The highest BCUT2D eigenvalue weighted by Gasteiger charge is 2.46. The SMILES string of the molecule is O=C(c1ccc2oc3ccccc3c2c1)C1CC2CCC(C1)N2C(=O)OCC1c2ccccc2-c2ccccc21. The number of carbonyl (C=O) groups excluding carboxylic acids is 2. The van der Waals surface area contributed by atoms with Crippen LogP contribution in [-0.2, 0) is 4.74 Å². The summed E-state index contributed by atoms with van der Waals surface area (Å²) in [5, 5.41) is 2.00. The van der Waals surface area contributed by atoms with Gasteiger partial charge in [-0.15, -0.1) is 0 Å². The van der Waals surface area contributed by atoms with Crippen LogP contribution in [0.2, 0.25) is 0 Å². The minimum atomic E-state index is -0.244. The van der Waals surface area contributed by atoms with Crippen LogP contribution in [0, 0.1) is 5.92 Å². The van der Waals surface area contributed by atoms with Gasteiger partial charge in [0, 0.05) is 40.3 Å². The first-order valence-electron chi connectivity index (χ1n) is 14.2. The van der Waals surface area contributed by atoms with E-state index in [0.717, 1.165) is 40.3 Å². The number of nitrogens with zero attached hydrogens (tertiary/aromatic N) is 1. The van der Waals surface area contributed by atoms with E-state index >= 15 is 0 Å². The Morgan fingerprint density at radius 1 is 0.750 bits per heavy atom. The maximum atomic E-state index is 13.7. The van der Waals surface area contributed by atoms with Crippen LogP contribution in [0.4, 0.5) is 4.79 Å². The van der Waals surface area contributed by atoms with Gasteiger partial charge in [0.15, 0.2) is 5.78 Å². The third-order valence-electron chi connectivity index (χ3n) is 9.31. The lowest BCUT2D eigenvalue weighted by atomic mass is 9.84. The average Bonchev–Trinajstić information content (AvgIpc) is 3.62. The van der Waals surface area contributed by atoms with Gasteiger partial charge in [-0.25, -0.2) is 4.79 Å². The topological polar surface area (TPSA) is 59.8 Å². The van der Waals surface area contributed by atoms with Crippen molar-refractivity contribution in [2.45, 2.75) is 43.7 Å². The molecule has 0 N–H and O–H groups in total. The third kappa shape index (κ3) is 3.60. The van der Waals surface area contributed by atoms with Crippen LogP contribution in [-0.4, -0.2) is 35.5 Å². The minimum Gasteiger partial charge on any atom is -0.456 e. The van der Waals surface area contributed by atoms with Crippen molar-refractivity contribution in [3.8, 4) is 11.1 Å². The smallest absolute Gasteiger partial charge is 0.410 e. The van der Waals surface area contributed by atoms with Crippen LogP contribution in [0.3, 0.4) is 0 Å². The number of hydrogen-bond acceptors (Lipinski definition) is 4. The number of fused-ring (bicyclic) bond motifs is 8. The van der Waals surface area contributed by atoms with E-state index in [0.29, 0.717) is 19.4 Å². The zero-order valence-electron chi connectivity index (χ0n) is 22.1. The van der Waals surface area contributed by atoms with E-state index in [-0.39, 0.29) is 35.8 Å². The maximum Gasteiger partial charge on any atom is 0.410 e. The van der Waals surface area contributed by atoms with Crippen LogP contribution < -0.4 is 0 Å². The van der Waals surface area contributed by atoms with E-state index in [1.165, 1.54) is 22.3 Å². The number of amides is 1. The molecule has 2 unspecified atom stereocenters. The lowest BCUT2D eigenvalue weighted by molar-refractivity contribution is 0.0506. The van der Waals surface area contributed by atoms with Gasteiger partial charge in [-0.1, -0.05) is 66.7 Å². The molecule has 1 amide bonds. The van der Waals surface area contributed by atoms with Crippen molar-refractivity contribution < 1.29 is 18.7 Å². The van der Waals surface area contributed by atoms with Crippen molar-refractivity contribution in [3.05, 3.63) is 108 Å². The number of piperidine rings is 1. The molecule has 2 atom stereocenters. The average molecular weight is 528 g/mol. The van der Waals surface area contributed by atoms with Crippen molar-refractivity contribution in [1.29, 1.82) is 0 Å². The predicted octanol–water partition coefficient (Wildman–Crippen LogP) is 7.96. The van der Waals surface area contributed by atoms with E-state index in [1.807, 2.05) is 59.5 Å². The standard InChI is InChI=1S/C35H29NO4/c37-34(21-13-16-33-30(19-21)29-11-5-6-12-32(29)40-33)22-17-23-14-15-24(18-22)36(23)35(38)39-20-31-27-9-3-1-7-25(27)26-8-2-4-10-28(26)31/h1-13,16,19,22-24,31H,14-15,17-18,20H2. The maximum absolute atomic E-state index is 13.7. The number of hydrogen-bond donors (Lipinski definition) is 0. The summed E-state index contributed by atoms with van der Waals surface area (Å²) in [6.45, 7) is 0.323. The quantitative estimate of drug-likeness (QED) is 0.223. The first-order chi connectivity index (χ1) is 19.7. The van der Waals surface area contributed by atoms with E-state index in [2.05, 4.69) is 36.4 Å². The Kier molecular flexibility index (Phi) is 5.34. The number of carbonyl (C=O) groups is 2. The van der Waals surface area contributed by atoms with Gasteiger partial charge in [-0.3, -0.25) is 4.79 Å². The van der Waals surface area contributed by atoms with Crippen LogP contribution in [0.25, 0.3) is 33.1 Å². The Hall–Kier alpha value is -4.38. The predicted molar refractivity (Wildman–Crippen MR) is 154 cm³/mol. The van der Waals surface area contributed by atoms with E-state index in [9.17, 15) is 9.59 Å². The highest BCUT2D eigenvalue weighted by atomic mass is 16.6. The molecule has 2 aliphatic heterocycles. The highest BCUT2D eigenvalue weighted by molar-refractivity contribution is 6.09. The molecule has 198 valence electrons. The van der Waals surface area contributed by atoms with Crippen LogP contribution in [0.1, 0.15) is 53.1 Å². The Labute approximate surface area is 232 Å². The minimum absolute atomic E-state index is 0.0434. The first kappa shape index (κ1) is 23.5. The van der Waals surface area contributed by atoms with Gasteiger partial charge in [0.2, 0.25) is 0 Å². The van der Waals surface area contributed by atoms with E-state index in [4.69, 9.17) is 9.15 Å². The van der Waals surface area contributed by atoms with Gasteiger partial charge >= 0.3 is 6.09 Å². The molecule has 0 spiro atoms. The van der Waals surface area contributed by atoms with Crippen molar-refractivity contribution in [2.75, 3.05) is 6.61 Å². The third-order valence-corrected chi connectivity index (χ3v) is 9.31. The second-order valence-electron chi connectivity index (χ2n) is 11.4. The Morgan fingerprint density at radius 3 is 2.10 bits per heavy atom. The number of furan rings is 1. The summed E-state index contributed by atoms with van der Waals surface area (Å²) in [7, 11) is 0. The summed E-state index contributed by atoms with van der Waals surface area (Å²) in [5.41, 5.74) is 7.22. The monoisotopic (exact) mass is 527 g/mol. The summed E-state index contributed by atoms with van der Waals surface area (Å²) in [6, 6.07) is 30.6. The zero-order valence-corrected chi connectivity index (χ0v) is 22.1. The Balaban J connectivity index is 0.980. The molecule has 0 saturated carbocycles. The summed E-state index contributed by atoms with van der Waals surface area (Å²) in [5.74, 6) is 0.115. The number of Topliss-reactive ketones (excluding diaryl/α,β-unsaturated/α-hetero) is 1. The van der Waals surface area contributed by atoms with Crippen molar-refractivity contribution in [1.82, 2.24) is 4.90 Å². The molecule has 8 rings (SSSR count). The van der Waals surface area contributed by atoms with Crippen molar-refractivity contribution in [2.24, 2.45) is 5.92 Å². The molecule has 2 bridgehead atoms. The number of ketones is 1. The fourth-order valence-electron chi connectivity index (χ4n) is 7.47.